The molecule has 0 bridgehead atoms. The zero-order valence-electron chi connectivity index (χ0n) is 9.39. The van der Waals surface area contributed by atoms with Gasteiger partial charge in [-0.1, -0.05) is 37.5 Å². The Balaban J connectivity index is 2.01. The van der Waals surface area contributed by atoms with Crippen molar-refractivity contribution in [1.82, 2.24) is 0 Å². The summed E-state index contributed by atoms with van der Waals surface area (Å²) in [4.78, 5) is 0.821. The number of hydrogen-bond acceptors (Lipinski definition) is 2. The SMILES string of the molecule is O=[S@](CC1(O)CCCCC1)c1ccccc1. The van der Waals surface area contributed by atoms with E-state index in [0.29, 0.717) is 5.75 Å². The van der Waals surface area contributed by atoms with E-state index < -0.39 is 16.4 Å². The van der Waals surface area contributed by atoms with Crippen LogP contribution in [0.1, 0.15) is 32.1 Å². The van der Waals surface area contributed by atoms with E-state index in [1.807, 2.05) is 30.3 Å². The second kappa shape index (κ2) is 5.11. The van der Waals surface area contributed by atoms with Crippen LogP contribution in [0.5, 0.6) is 0 Å². The van der Waals surface area contributed by atoms with Gasteiger partial charge >= 0.3 is 0 Å². The van der Waals surface area contributed by atoms with Crippen LogP contribution in [-0.2, 0) is 10.8 Å². The average Bonchev–Trinajstić information content (AvgIpc) is 2.30. The highest BCUT2D eigenvalue weighted by Gasteiger charge is 2.31. The fraction of sp³-hybridized carbons (Fsp3) is 0.538. The van der Waals surface area contributed by atoms with Gasteiger partial charge in [0.15, 0.2) is 0 Å². The maximum absolute atomic E-state index is 12.1. The standard InChI is InChI=1S/C13H18O2S/c14-13(9-5-2-6-10-13)11-16(15)12-7-3-1-4-8-12/h1,3-4,7-8,14H,2,5-6,9-11H2/t16-/m1/s1. The van der Waals surface area contributed by atoms with Gasteiger partial charge in [-0.15, -0.1) is 0 Å². The molecule has 0 aromatic heterocycles. The molecule has 0 heterocycles. The van der Waals surface area contributed by atoms with Crippen molar-refractivity contribution in [2.75, 3.05) is 5.75 Å². The summed E-state index contributed by atoms with van der Waals surface area (Å²) < 4.78 is 12.1. The molecule has 1 aromatic rings. The molecule has 0 radical (unpaired) electrons. The molecule has 1 saturated carbocycles. The molecular weight excluding hydrogens is 220 g/mol. The first-order valence-electron chi connectivity index (χ1n) is 5.85. The second-order valence-electron chi connectivity index (χ2n) is 4.59. The molecule has 0 spiro atoms. The Kier molecular flexibility index (Phi) is 3.77. The summed E-state index contributed by atoms with van der Waals surface area (Å²) in [5.41, 5.74) is -0.695. The van der Waals surface area contributed by atoms with Crippen LogP contribution >= 0.6 is 0 Å². The lowest BCUT2D eigenvalue weighted by Crippen LogP contribution is -2.37. The molecule has 1 fully saturated rings. The van der Waals surface area contributed by atoms with Gasteiger partial charge in [0.1, 0.15) is 0 Å². The zero-order valence-corrected chi connectivity index (χ0v) is 10.2. The fourth-order valence-corrected chi connectivity index (χ4v) is 3.66. The first-order chi connectivity index (χ1) is 7.70. The molecule has 1 aromatic carbocycles. The van der Waals surface area contributed by atoms with Crippen molar-refractivity contribution in [2.24, 2.45) is 0 Å². The molecule has 1 aliphatic rings. The van der Waals surface area contributed by atoms with Crippen molar-refractivity contribution in [2.45, 2.75) is 42.6 Å². The van der Waals surface area contributed by atoms with Crippen LogP contribution in [0.3, 0.4) is 0 Å². The molecule has 88 valence electrons. The molecule has 1 atom stereocenters. The van der Waals surface area contributed by atoms with E-state index in [4.69, 9.17) is 0 Å². The molecule has 16 heavy (non-hydrogen) atoms. The minimum absolute atomic E-state index is 0.386. The molecular formula is C13H18O2S. The quantitative estimate of drug-likeness (QED) is 0.878. The van der Waals surface area contributed by atoms with Gasteiger partial charge in [0.25, 0.3) is 0 Å². The van der Waals surface area contributed by atoms with Crippen LogP contribution in [0.2, 0.25) is 0 Å². The van der Waals surface area contributed by atoms with Crippen molar-refractivity contribution in [3.63, 3.8) is 0 Å². The monoisotopic (exact) mass is 238 g/mol. The Morgan fingerprint density at radius 2 is 1.75 bits per heavy atom. The number of hydrogen-bond donors (Lipinski definition) is 1. The van der Waals surface area contributed by atoms with E-state index in [1.165, 1.54) is 6.42 Å². The molecule has 2 nitrogen and oxygen atoms in total. The molecule has 0 unspecified atom stereocenters. The highest BCUT2D eigenvalue weighted by Crippen LogP contribution is 2.29. The number of rotatable bonds is 3. The molecule has 1 N–H and O–H groups in total. The van der Waals surface area contributed by atoms with Crippen LogP contribution in [0.25, 0.3) is 0 Å². The van der Waals surface area contributed by atoms with Gasteiger partial charge in [-0.3, -0.25) is 4.21 Å². The van der Waals surface area contributed by atoms with Crippen molar-refractivity contribution in [1.29, 1.82) is 0 Å². The highest BCUT2D eigenvalue weighted by molar-refractivity contribution is 7.85. The average molecular weight is 238 g/mol. The zero-order chi connectivity index (χ0) is 11.4. The van der Waals surface area contributed by atoms with Gasteiger partial charge in [0, 0.05) is 4.90 Å². The minimum Gasteiger partial charge on any atom is -0.389 e. The van der Waals surface area contributed by atoms with Crippen molar-refractivity contribution in [3.8, 4) is 0 Å². The second-order valence-corrected chi connectivity index (χ2v) is 6.04. The van der Waals surface area contributed by atoms with Gasteiger partial charge in [0.2, 0.25) is 0 Å². The first-order valence-corrected chi connectivity index (χ1v) is 7.17. The van der Waals surface area contributed by atoms with Crippen molar-refractivity contribution < 1.29 is 9.32 Å². The Bertz CT molecular complexity index is 355. The van der Waals surface area contributed by atoms with Crippen LogP contribution in [0.4, 0.5) is 0 Å². The Hall–Kier alpha value is -0.670. The summed E-state index contributed by atoms with van der Waals surface area (Å²) in [5, 5.41) is 10.3. The lowest BCUT2D eigenvalue weighted by molar-refractivity contribution is 0.0265. The predicted molar refractivity (Wildman–Crippen MR) is 65.8 cm³/mol. The van der Waals surface area contributed by atoms with E-state index >= 15 is 0 Å². The van der Waals surface area contributed by atoms with Gasteiger partial charge in [0.05, 0.1) is 22.2 Å². The smallest absolute Gasteiger partial charge is 0.0766 e. The maximum atomic E-state index is 12.1. The maximum Gasteiger partial charge on any atom is 0.0766 e. The topological polar surface area (TPSA) is 37.3 Å². The normalized spacial score (nSPS) is 21.6. The van der Waals surface area contributed by atoms with Crippen LogP contribution < -0.4 is 0 Å². The van der Waals surface area contributed by atoms with Crippen molar-refractivity contribution in [3.05, 3.63) is 30.3 Å². The molecule has 3 heteroatoms. The molecule has 1 aliphatic carbocycles. The van der Waals surface area contributed by atoms with E-state index in [2.05, 4.69) is 0 Å². The number of benzene rings is 1. The Morgan fingerprint density at radius 1 is 1.12 bits per heavy atom. The van der Waals surface area contributed by atoms with Gasteiger partial charge in [-0.05, 0) is 25.0 Å². The number of aliphatic hydroxyl groups is 1. The lowest BCUT2D eigenvalue weighted by atomic mass is 9.86. The fourth-order valence-electron chi connectivity index (χ4n) is 2.25. The molecule has 2 rings (SSSR count). The molecule has 0 saturated heterocycles. The third kappa shape index (κ3) is 2.92. The third-order valence-electron chi connectivity index (χ3n) is 3.19. The molecule has 0 aliphatic heterocycles. The predicted octanol–water partition coefficient (Wildman–Crippen LogP) is 2.49. The van der Waals surface area contributed by atoms with Crippen LogP contribution in [-0.4, -0.2) is 20.7 Å². The molecule has 0 amide bonds. The van der Waals surface area contributed by atoms with Gasteiger partial charge < -0.3 is 5.11 Å². The van der Waals surface area contributed by atoms with E-state index in [1.54, 1.807) is 0 Å². The summed E-state index contributed by atoms with van der Waals surface area (Å²) in [5.74, 6) is 0.386. The van der Waals surface area contributed by atoms with Crippen molar-refractivity contribution >= 4 is 10.8 Å². The summed E-state index contributed by atoms with van der Waals surface area (Å²) >= 11 is 0. The Labute approximate surface area is 99.1 Å². The summed E-state index contributed by atoms with van der Waals surface area (Å²) in [6.45, 7) is 0. The largest absolute Gasteiger partial charge is 0.389 e. The highest BCUT2D eigenvalue weighted by atomic mass is 32.2. The summed E-state index contributed by atoms with van der Waals surface area (Å²) in [6, 6.07) is 9.41. The first kappa shape index (κ1) is 11.8. The van der Waals surface area contributed by atoms with E-state index in [9.17, 15) is 9.32 Å². The summed E-state index contributed by atoms with van der Waals surface area (Å²) in [6.07, 6.45) is 4.91. The van der Waals surface area contributed by atoms with E-state index in [0.717, 1.165) is 30.6 Å². The Morgan fingerprint density at radius 3 is 2.38 bits per heavy atom. The third-order valence-corrected chi connectivity index (χ3v) is 4.79. The minimum atomic E-state index is -1.07. The van der Waals surface area contributed by atoms with Gasteiger partial charge in [-0.2, -0.15) is 0 Å². The van der Waals surface area contributed by atoms with Gasteiger partial charge in [-0.25, -0.2) is 0 Å². The summed E-state index contributed by atoms with van der Waals surface area (Å²) in [7, 11) is -1.07. The lowest BCUT2D eigenvalue weighted by Gasteiger charge is -2.31. The van der Waals surface area contributed by atoms with E-state index in [-0.39, 0.29) is 0 Å². The van der Waals surface area contributed by atoms with Crippen LogP contribution in [0, 0.1) is 0 Å². The van der Waals surface area contributed by atoms with Crippen LogP contribution in [0.15, 0.2) is 35.2 Å².